The van der Waals surface area contributed by atoms with E-state index in [1.54, 1.807) is 0 Å². The van der Waals surface area contributed by atoms with E-state index in [1.807, 2.05) is 0 Å². The molecule has 0 saturated carbocycles. The maximum atomic E-state index is 13.3. The second-order valence-corrected chi connectivity index (χ2v) is 12.3. The summed E-state index contributed by atoms with van der Waals surface area (Å²) in [6.45, 7) is 1.09. The molecule has 1 rings (SSSR count). The normalized spacial score (nSPS) is 13.9. The van der Waals surface area contributed by atoms with Crippen LogP contribution in [0.15, 0.2) is 0 Å². The molecule has 9 heteroatoms. The van der Waals surface area contributed by atoms with Gasteiger partial charge in [0, 0.05) is 11.1 Å². The van der Waals surface area contributed by atoms with Crippen LogP contribution in [-0.4, -0.2) is 6.00 Å². The fourth-order valence-electron chi connectivity index (χ4n) is 1.17. The molecule has 1 aromatic rings. The minimum Gasteiger partial charge on any atom is -0.203 e. The van der Waals surface area contributed by atoms with Gasteiger partial charge < -0.3 is 0 Å². The molecule has 0 radical (unpaired) electrons. The summed E-state index contributed by atoms with van der Waals surface area (Å²) in [5.41, 5.74) is -2.45. The average molecular weight is 330 g/mol. The Hall–Kier alpha value is -0.0431. The Bertz CT molecular complexity index is 430. The molecule has 96 valence electrons. The summed E-state index contributed by atoms with van der Waals surface area (Å²) in [7, 11) is 0. The zero-order chi connectivity index (χ0) is 13.5. The molecular formula is C8H4Cl3F5Si. The van der Waals surface area contributed by atoms with E-state index in [0.717, 1.165) is 6.92 Å². The van der Waals surface area contributed by atoms with Gasteiger partial charge in [0.25, 0.3) is 0 Å². The quantitative estimate of drug-likeness (QED) is 0.243. The van der Waals surface area contributed by atoms with Gasteiger partial charge in [-0.05, 0) is 0 Å². The lowest BCUT2D eigenvalue weighted by Gasteiger charge is -2.19. The van der Waals surface area contributed by atoms with Crippen LogP contribution < -0.4 is 0 Å². The van der Waals surface area contributed by atoms with Crippen molar-refractivity contribution in [2.45, 2.75) is 12.5 Å². The maximum Gasteiger partial charge on any atom is 0.348 e. The molecule has 0 fully saturated rings. The number of benzene rings is 1. The van der Waals surface area contributed by atoms with Gasteiger partial charge in [0.15, 0.2) is 23.3 Å². The van der Waals surface area contributed by atoms with E-state index in [-0.39, 0.29) is 0 Å². The van der Waals surface area contributed by atoms with Gasteiger partial charge in [-0.1, -0.05) is 6.92 Å². The topological polar surface area (TPSA) is 0 Å². The Morgan fingerprint density at radius 1 is 0.765 bits per heavy atom. The van der Waals surface area contributed by atoms with Gasteiger partial charge >= 0.3 is 6.00 Å². The summed E-state index contributed by atoms with van der Waals surface area (Å²) in [4.78, 5) is 0. The molecule has 1 unspecified atom stereocenters. The third kappa shape index (κ3) is 2.70. The van der Waals surface area contributed by atoms with Crippen molar-refractivity contribution >= 4 is 39.2 Å². The molecule has 0 bridgehead atoms. The molecule has 0 heterocycles. The third-order valence-corrected chi connectivity index (χ3v) is 6.38. The Morgan fingerprint density at radius 2 is 1.06 bits per heavy atom. The van der Waals surface area contributed by atoms with E-state index in [9.17, 15) is 22.0 Å². The lowest BCUT2D eigenvalue weighted by atomic mass is 10.1. The first kappa shape index (κ1) is 15.0. The van der Waals surface area contributed by atoms with E-state index in [0.29, 0.717) is 0 Å². The highest BCUT2D eigenvalue weighted by molar-refractivity contribution is 7.65. The highest BCUT2D eigenvalue weighted by Gasteiger charge is 2.40. The molecule has 0 aliphatic rings. The van der Waals surface area contributed by atoms with E-state index in [1.165, 1.54) is 0 Å². The first-order valence-electron chi connectivity index (χ1n) is 4.17. The average Bonchev–Trinajstić information content (AvgIpc) is 2.22. The summed E-state index contributed by atoms with van der Waals surface area (Å²) in [5.74, 6) is -10.3. The van der Waals surface area contributed by atoms with E-state index >= 15 is 0 Å². The van der Waals surface area contributed by atoms with Gasteiger partial charge in [-0.2, -0.15) is 0 Å². The molecule has 0 saturated heterocycles. The summed E-state index contributed by atoms with van der Waals surface area (Å²) in [5, 5.41) is 0. The summed E-state index contributed by atoms with van der Waals surface area (Å²) < 4.78 is 65.1. The number of hydrogen-bond donors (Lipinski definition) is 0. The van der Waals surface area contributed by atoms with Gasteiger partial charge in [-0.15, -0.1) is 33.2 Å². The zero-order valence-corrected chi connectivity index (χ0v) is 11.4. The SMILES string of the molecule is CC(c1c(F)c(F)c(F)c(F)c1F)[Si](Cl)(Cl)Cl. The van der Waals surface area contributed by atoms with Crippen LogP contribution in [0.5, 0.6) is 0 Å². The van der Waals surface area contributed by atoms with E-state index < -0.39 is 46.2 Å². The highest BCUT2D eigenvalue weighted by atomic mass is 35.8. The molecular weight excluding hydrogens is 326 g/mol. The van der Waals surface area contributed by atoms with Crippen LogP contribution in [0.4, 0.5) is 22.0 Å². The molecule has 0 aromatic heterocycles. The predicted molar refractivity (Wildman–Crippen MR) is 58.0 cm³/mol. The van der Waals surface area contributed by atoms with E-state index in [4.69, 9.17) is 33.2 Å². The van der Waals surface area contributed by atoms with Gasteiger partial charge in [-0.3, -0.25) is 0 Å². The number of hydrogen-bond acceptors (Lipinski definition) is 0. The highest BCUT2D eigenvalue weighted by Crippen LogP contribution is 2.39. The van der Waals surface area contributed by atoms with Crippen LogP contribution in [0, 0.1) is 29.1 Å². The van der Waals surface area contributed by atoms with Crippen LogP contribution in [0.1, 0.15) is 18.0 Å². The fourth-order valence-corrected chi connectivity index (χ4v) is 2.73. The van der Waals surface area contributed by atoms with Crippen LogP contribution in [0.3, 0.4) is 0 Å². The Morgan fingerprint density at radius 3 is 1.35 bits per heavy atom. The van der Waals surface area contributed by atoms with Crippen LogP contribution in [0.2, 0.25) is 0 Å². The standard InChI is InChI=1S/C8H4Cl3F5Si/c1-2(17(9,10)11)3-4(12)6(14)8(16)7(15)5(3)13/h2H,1H3. The fraction of sp³-hybridized carbons (Fsp3) is 0.250. The van der Waals surface area contributed by atoms with Crippen molar-refractivity contribution in [1.82, 2.24) is 0 Å². The molecule has 0 aliphatic carbocycles. The minimum absolute atomic E-state index is 1.09. The lowest BCUT2D eigenvalue weighted by Crippen LogP contribution is -2.24. The molecule has 0 nitrogen and oxygen atoms in total. The van der Waals surface area contributed by atoms with Crippen molar-refractivity contribution in [3.8, 4) is 0 Å². The zero-order valence-electron chi connectivity index (χ0n) is 8.10. The Labute approximate surface area is 108 Å². The van der Waals surface area contributed by atoms with Crippen LogP contribution >= 0.6 is 33.2 Å². The Balaban J connectivity index is 3.55. The van der Waals surface area contributed by atoms with Crippen molar-refractivity contribution in [3.05, 3.63) is 34.6 Å². The summed E-state index contributed by atoms with van der Waals surface area (Å²) in [6, 6.07) is -3.65. The molecule has 0 N–H and O–H groups in total. The summed E-state index contributed by atoms with van der Waals surface area (Å²) >= 11 is 16.5. The smallest absolute Gasteiger partial charge is 0.203 e. The van der Waals surface area contributed by atoms with Crippen molar-refractivity contribution < 1.29 is 22.0 Å². The lowest BCUT2D eigenvalue weighted by molar-refractivity contribution is 0.370. The first-order valence-corrected chi connectivity index (χ1v) is 9.28. The second kappa shape index (κ2) is 4.91. The van der Waals surface area contributed by atoms with Crippen LogP contribution in [-0.2, 0) is 0 Å². The molecule has 0 aliphatic heterocycles. The second-order valence-electron chi connectivity index (χ2n) is 3.25. The van der Waals surface area contributed by atoms with Crippen molar-refractivity contribution in [3.63, 3.8) is 0 Å². The molecule has 0 amide bonds. The molecule has 1 atom stereocenters. The van der Waals surface area contributed by atoms with Gasteiger partial charge in [0.05, 0.1) is 0 Å². The first-order chi connectivity index (χ1) is 7.59. The van der Waals surface area contributed by atoms with E-state index in [2.05, 4.69) is 0 Å². The number of halogens is 8. The monoisotopic (exact) mass is 328 g/mol. The molecule has 1 aromatic carbocycles. The molecule has 17 heavy (non-hydrogen) atoms. The van der Waals surface area contributed by atoms with Crippen molar-refractivity contribution in [2.24, 2.45) is 0 Å². The van der Waals surface area contributed by atoms with Gasteiger partial charge in [0.2, 0.25) is 5.82 Å². The summed E-state index contributed by atoms with van der Waals surface area (Å²) in [6.07, 6.45) is 0. The third-order valence-electron chi connectivity index (χ3n) is 2.17. The van der Waals surface area contributed by atoms with Crippen molar-refractivity contribution in [1.29, 1.82) is 0 Å². The minimum atomic E-state index is -3.65. The largest absolute Gasteiger partial charge is 0.348 e. The van der Waals surface area contributed by atoms with Gasteiger partial charge in [0.1, 0.15) is 0 Å². The maximum absolute atomic E-state index is 13.3. The van der Waals surface area contributed by atoms with Crippen LogP contribution in [0.25, 0.3) is 0 Å². The molecule has 0 spiro atoms. The van der Waals surface area contributed by atoms with Crippen molar-refractivity contribution in [2.75, 3.05) is 0 Å². The number of rotatable bonds is 2. The van der Waals surface area contributed by atoms with Gasteiger partial charge in [-0.25, -0.2) is 22.0 Å². The predicted octanol–water partition coefficient (Wildman–Crippen LogP) is 4.68. The Kier molecular flexibility index (Phi) is 4.34.